The predicted octanol–water partition coefficient (Wildman–Crippen LogP) is -1.04. The standard InChI is InChI=1S/C13H16N6O2/c1-18-9-4-14-13(17-10(9)16-11(20)12(18)21)19-5-7-2-3-8(6-19)15-7/h4,7-8,15H,2-3,5-6H2,1H3,(H,14,16,17,20). The van der Waals surface area contributed by atoms with Crippen LogP contribution < -0.4 is 21.3 Å². The lowest BCUT2D eigenvalue weighted by atomic mass is 10.2. The van der Waals surface area contributed by atoms with E-state index in [1.165, 1.54) is 17.4 Å². The van der Waals surface area contributed by atoms with Gasteiger partial charge in [0.2, 0.25) is 5.95 Å². The molecular weight excluding hydrogens is 272 g/mol. The van der Waals surface area contributed by atoms with Crippen LogP contribution in [0.2, 0.25) is 0 Å². The molecule has 2 atom stereocenters. The fraction of sp³-hybridized carbons (Fsp3) is 0.538. The van der Waals surface area contributed by atoms with Crippen LogP contribution in [0.1, 0.15) is 12.8 Å². The quantitative estimate of drug-likeness (QED) is 0.651. The van der Waals surface area contributed by atoms with Crippen molar-refractivity contribution in [3.05, 3.63) is 26.9 Å². The summed E-state index contributed by atoms with van der Waals surface area (Å²) in [6.45, 7) is 1.75. The second-order valence-electron chi connectivity index (χ2n) is 5.76. The van der Waals surface area contributed by atoms with Gasteiger partial charge in [-0.3, -0.25) is 9.59 Å². The van der Waals surface area contributed by atoms with Crippen LogP contribution in [0.5, 0.6) is 0 Å². The van der Waals surface area contributed by atoms with E-state index in [0.717, 1.165) is 13.1 Å². The van der Waals surface area contributed by atoms with Crippen LogP contribution in [0.3, 0.4) is 0 Å². The van der Waals surface area contributed by atoms with Crippen molar-refractivity contribution < 1.29 is 0 Å². The number of H-pyrrole nitrogens is 1. The fourth-order valence-electron chi connectivity index (χ4n) is 3.24. The van der Waals surface area contributed by atoms with Gasteiger partial charge in [0.25, 0.3) is 0 Å². The van der Waals surface area contributed by atoms with Crippen LogP contribution in [-0.4, -0.2) is 44.7 Å². The van der Waals surface area contributed by atoms with Crippen LogP contribution in [0.4, 0.5) is 5.95 Å². The van der Waals surface area contributed by atoms with Gasteiger partial charge in [-0.25, -0.2) is 4.98 Å². The molecular formula is C13H16N6O2. The van der Waals surface area contributed by atoms with Crippen LogP contribution in [0.25, 0.3) is 11.2 Å². The first-order valence-electron chi connectivity index (χ1n) is 7.09. The highest BCUT2D eigenvalue weighted by Crippen LogP contribution is 2.23. The van der Waals surface area contributed by atoms with Crippen LogP contribution in [0, 0.1) is 0 Å². The number of rotatable bonds is 1. The molecule has 2 saturated heterocycles. The first-order valence-corrected chi connectivity index (χ1v) is 7.09. The minimum Gasteiger partial charge on any atom is -0.338 e. The lowest BCUT2D eigenvalue weighted by molar-refractivity contribution is 0.461. The first-order chi connectivity index (χ1) is 10.1. The Hall–Kier alpha value is -2.22. The number of nitrogens with zero attached hydrogens (tertiary/aromatic N) is 4. The summed E-state index contributed by atoms with van der Waals surface area (Å²) in [7, 11) is 1.55. The first kappa shape index (κ1) is 12.5. The minimum atomic E-state index is -0.657. The Labute approximate surface area is 119 Å². The van der Waals surface area contributed by atoms with Gasteiger partial charge in [0.1, 0.15) is 5.52 Å². The van der Waals surface area contributed by atoms with Crippen molar-refractivity contribution in [2.45, 2.75) is 24.9 Å². The molecule has 2 aromatic rings. The number of hydrogen-bond donors (Lipinski definition) is 2. The molecule has 0 aromatic carbocycles. The van der Waals surface area contributed by atoms with Crippen molar-refractivity contribution in [3.8, 4) is 0 Å². The molecule has 2 fully saturated rings. The lowest BCUT2D eigenvalue weighted by Crippen LogP contribution is -2.51. The third-order valence-corrected chi connectivity index (χ3v) is 4.35. The van der Waals surface area contributed by atoms with Gasteiger partial charge in [-0.2, -0.15) is 4.98 Å². The number of aromatic nitrogens is 4. The molecule has 2 aliphatic heterocycles. The number of anilines is 1. The number of piperazine rings is 1. The molecule has 4 heterocycles. The van der Waals surface area contributed by atoms with E-state index in [1.807, 2.05) is 0 Å². The molecule has 2 bridgehead atoms. The summed E-state index contributed by atoms with van der Waals surface area (Å²) in [5, 5.41) is 3.55. The highest BCUT2D eigenvalue weighted by Gasteiger charge is 2.33. The maximum Gasteiger partial charge on any atom is 0.316 e. The van der Waals surface area contributed by atoms with Gasteiger partial charge in [0, 0.05) is 32.2 Å². The fourth-order valence-corrected chi connectivity index (χ4v) is 3.24. The largest absolute Gasteiger partial charge is 0.338 e. The third kappa shape index (κ3) is 1.94. The minimum absolute atomic E-state index is 0.401. The average molecular weight is 288 g/mol. The average Bonchev–Trinajstić information content (AvgIpc) is 2.83. The Kier molecular flexibility index (Phi) is 2.61. The van der Waals surface area contributed by atoms with Crippen molar-refractivity contribution in [2.24, 2.45) is 7.05 Å². The lowest BCUT2D eigenvalue weighted by Gasteiger charge is -2.32. The molecule has 0 amide bonds. The van der Waals surface area contributed by atoms with Gasteiger partial charge in [-0.15, -0.1) is 0 Å². The smallest absolute Gasteiger partial charge is 0.316 e. The summed E-state index contributed by atoms with van der Waals surface area (Å²) in [5.41, 5.74) is -0.325. The van der Waals surface area contributed by atoms with E-state index in [9.17, 15) is 9.59 Å². The third-order valence-electron chi connectivity index (χ3n) is 4.35. The van der Waals surface area contributed by atoms with E-state index >= 15 is 0 Å². The zero-order valence-corrected chi connectivity index (χ0v) is 11.7. The van der Waals surface area contributed by atoms with Gasteiger partial charge in [-0.1, -0.05) is 0 Å². The Bertz CT molecular complexity index is 814. The topological polar surface area (TPSA) is 95.9 Å². The highest BCUT2D eigenvalue weighted by molar-refractivity contribution is 5.70. The molecule has 8 nitrogen and oxygen atoms in total. The maximum absolute atomic E-state index is 11.6. The van der Waals surface area contributed by atoms with E-state index in [4.69, 9.17) is 0 Å². The molecule has 0 aliphatic carbocycles. The number of aromatic amines is 1. The normalized spacial score (nSPS) is 24.7. The van der Waals surface area contributed by atoms with Gasteiger partial charge < -0.3 is 19.8 Å². The van der Waals surface area contributed by atoms with E-state index in [1.54, 1.807) is 13.2 Å². The molecule has 2 aliphatic rings. The SMILES string of the molecule is Cn1c(=O)c(=O)[nH]c2nc(N3CC4CCC(C3)N4)ncc21. The zero-order chi connectivity index (χ0) is 14.6. The summed E-state index contributed by atoms with van der Waals surface area (Å²) in [6.07, 6.45) is 3.96. The van der Waals surface area contributed by atoms with E-state index in [-0.39, 0.29) is 0 Å². The molecule has 110 valence electrons. The monoisotopic (exact) mass is 288 g/mol. The van der Waals surface area contributed by atoms with Crippen LogP contribution >= 0.6 is 0 Å². The summed E-state index contributed by atoms with van der Waals surface area (Å²) >= 11 is 0. The van der Waals surface area contributed by atoms with Crippen molar-refractivity contribution in [3.63, 3.8) is 0 Å². The Morgan fingerprint density at radius 3 is 2.67 bits per heavy atom. The van der Waals surface area contributed by atoms with Crippen molar-refractivity contribution >= 4 is 17.1 Å². The summed E-state index contributed by atoms with van der Waals surface area (Å²) in [6, 6.07) is 0.976. The molecule has 0 radical (unpaired) electrons. The molecule has 2 aromatic heterocycles. The Morgan fingerprint density at radius 2 is 1.95 bits per heavy atom. The van der Waals surface area contributed by atoms with Gasteiger partial charge in [0.15, 0.2) is 5.65 Å². The molecule has 2 unspecified atom stereocenters. The molecule has 21 heavy (non-hydrogen) atoms. The Morgan fingerprint density at radius 1 is 1.24 bits per heavy atom. The number of fused-ring (bicyclic) bond motifs is 3. The molecule has 2 N–H and O–H groups in total. The van der Waals surface area contributed by atoms with E-state index < -0.39 is 11.1 Å². The number of aryl methyl sites for hydroxylation is 1. The predicted molar refractivity (Wildman–Crippen MR) is 77.6 cm³/mol. The van der Waals surface area contributed by atoms with Crippen molar-refractivity contribution in [1.29, 1.82) is 0 Å². The number of hydrogen-bond acceptors (Lipinski definition) is 6. The van der Waals surface area contributed by atoms with E-state index in [2.05, 4.69) is 25.2 Å². The summed E-state index contributed by atoms with van der Waals surface area (Å²) in [5.74, 6) is 0.607. The maximum atomic E-state index is 11.6. The molecule has 4 rings (SSSR count). The molecule has 0 saturated carbocycles. The second kappa shape index (κ2) is 4.39. The van der Waals surface area contributed by atoms with Gasteiger partial charge >= 0.3 is 11.1 Å². The summed E-state index contributed by atoms with van der Waals surface area (Å²) < 4.78 is 1.28. The Balaban J connectivity index is 1.79. The highest BCUT2D eigenvalue weighted by atomic mass is 16.2. The number of nitrogens with one attached hydrogen (secondary N) is 2. The van der Waals surface area contributed by atoms with Crippen molar-refractivity contribution in [2.75, 3.05) is 18.0 Å². The summed E-state index contributed by atoms with van der Waals surface area (Å²) in [4.78, 5) is 36.7. The zero-order valence-electron chi connectivity index (χ0n) is 11.7. The van der Waals surface area contributed by atoms with Crippen LogP contribution in [0.15, 0.2) is 15.8 Å². The van der Waals surface area contributed by atoms with Gasteiger partial charge in [0.05, 0.1) is 6.20 Å². The molecule has 0 spiro atoms. The van der Waals surface area contributed by atoms with Gasteiger partial charge in [-0.05, 0) is 12.8 Å². The van der Waals surface area contributed by atoms with E-state index in [0.29, 0.717) is 29.2 Å². The van der Waals surface area contributed by atoms with Crippen LogP contribution in [-0.2, 0) is 7.05 Å². The van der Waals surface area contributed by atoms with Crippen molar-refractivity contribution in [1.82, 2.24) is 24.8 Å². The molecule has 8 heteroatoms. The second-order valence-corrected chi connectivity index (χ2v) is 5.76.